The molecule has 0 aliphatic carbocycles. The Hall–Kier alpha value is -4.25. The minimum absolute atomic E-state index is 0.0791. The van der Waals surface area contributed by atoms with E-state index in [1.807, 2.05) is 42.5 Å². The molecule has 0 saturated heterocycles. The van der Waals surface area contributed by atoms with E-state index in [9.17, 15) is 18.0 Å². The number of nitrogens with one attached hydrogen (secondary N) is 2. The van der Waals surface area contributed by atoms with E-state index >= 15 is 4.39 Å². The standard InChI is InChI=1S/C27H25FN4O5S/c1-3-20-21(9-11-23(24(20)28)38(2,35)36)26(33)32-12-13-37-22-10-8-18(14-19(22)15-32)16-4-6-17(7-5-16)25-29-27(34)31-30-25/h4-11,14H,3,12-13,15H2,1-2H3,(H2,29,30,31,34). The highest BCUT2D eigenvalue weighted by Gasteiger charge is 2.27. The minimum atomic E-state index is -3.77. The first-order valence-electron chi connectivity index (χ1n) is 12.0. The van der Waals surface area contributed by atoms with Crippen LogP contribution in [0, 0.1) is 5.82 Å². The maximum atomic E-state index is 15.1. The fourth-order valence-corrected chi connectivity index (χ4v) is 5.34. The zero-order valence-electron chi connectivity index (χ0n) is 20.7. The van der Waals surface area contributed by atoms with Gasteiger partial charge < -0.3 is 9.64 Å². The summed E-state index contributed by atoms with van der Waals surface area (Å²) in [5.74, 6) is -0.167. The lowest BCUT2D eigenvalue weighted by Crippen LogP contribution is -2.33. The number of aromatic amines is 2. The van der Waals surface area contributed by atoms with Crippen molar-refractivity contribution in [2.24, 2.45) is 0 Å². The van der Waals surface area contributed by atoms with Crippen LogP contribution in [0.1, 0.15) is 28.4 Å². The summed E-state index contributed by atoms with van der Waals surface area (Å²) in [4.78, 5) is 28.6. The van der Waals surface area contributed by atoms with Gasteiger partial charge in [0.15, 0.2) is 15.7 Å². The van der Waals surface area contributed by atoms with E-state index in [-0.39, 0.29) is 48.8 Å². The van der Waals surface area contributed by atoms with Crippen molar-refractivity contribution in [1.29, 1.82) is 0 Å². The summed E-state index contributed by atoms with van der Waals surface area (Å²) in [6.45, 7) is 2.48. The van der Waals surface area contributed by atoms with Gasteiger partial charge in [0.1, 0.15) is 23.1 Å². The van der Waals surface area contributed by atoms with Crippen LogP contribution < -0.4 is 10.4 Å². The van der Waals surface area contributed by atoms with E-state index in [1.165, 1.54) is 6.07 Å². The van der Waals surface area contributed by atoms with E-state index in [0.29, 0.717) is 11.6 Å². The molecule has 0 spiro atoms. The third kappa shape index (κ3) is 4.84. The fourth-order valence-electron chi connectivity index (χ4n) is 4.58. The van der Waals surface area contributed by atoms with E-state index in [1.54, 1.807) is 11.8 Å². The number of amides is 1. The maximum Gasteiger partial charge on any atom is 0.340 e. The molecule has 1 aromatic heterocycles. The Kier molecular flexibility index (Phi) is 6.62. The van der Waals surface area contributed by atoms with E-state index in [2.05, 4.69) is 15.2 Å². The Labute approximate surface area is 218 Å². The fraction of sp³-hybridized carbons (Fsp3) is 0.222. The molecule has 1 amide bonds. The number of nitrogens with zero attached hydrogens (tertiary/aromatic N) is 2. The van der Waals surface area contributed by atoms with Gasteiger partial charge in [-0.05, 0) is 41.8 Å². The third-order valence-electron chi connectivity index (χ3n) is 6.51. The molecule has 11 heteroatoms. The molecule has 0 radical (unpaired) electrons. The molecule has 2 N–H and O–H groups in total. The van der Waals surface area contributed by atoms with Crippen LogP contribution in [-0.4, -0.2) is 53.8 Å². The van der Waals surface area contributed by atoms with Crippen LogP contribution in [0.2, 0.25) is 0 Å². The number of ether oxygens (including phenoxy) is 1. The second kappa shape index (κ2) is 9.90. The van der Waals surface area contributed by atoms with Gasteiger partial charge in [0, 0.05) is 35.1 Å². The van der Waals surface area contributed by atoms with Crippen molar-refractivity contribution in [3.8, 4) is 28.3 Å². The van der Waals surface area contributed by atoms with Gasteiger partial charge in [-0.1, -0.05) is 37.3 Å². The molecule has 0 bridgehead atoms. The lowest BCUT2D eigenvalue weighted by molar-refractivity contribution is 0.0731. The molecule has 3 aromatic carbocycles. The Bertz CT molecular complexity index is 1690. The summed E-state index contributed by atoms with van der Waals surface area (Å²) in [5.41, 5.74) is 3.21. The maximum absolute atomic E-state index is 15.1. The number of sulfone groups is 1. The Morgan fingerprint density at radius 1 is 1.08 bits per heavy atom. The van der Waals surface area contributed by atoms with Crippen LogP contribution in [0.15, 0.2) is 64.3 Å². The normalized spacial score (nSPS) is 13.5. The molecule has 9 nitrogen and oxygen atoms in total. The summed E-state index contributed by atoms with van der Waals surface area (Å²) in [6.07, 6.45) is 1.11. The number of benzene rings is 3. The average molecular weight is 537 g/mol. The first-order chi connectivity index (χ1) is 18.2. The van der Waals surface area contributed by atoms with E-state index in [0.717, 1.165) is 34.6 Å². The molecule has 0 atom stereocenters. The van der Waals surface area contributed by atoms with Gasteiger partial charge in [-0.15, -0.1) is 0 Å². The van der Waals surface area contributed by atoms with Gasteiger partial charge in [0.2, 0.25) is 0 Å². The number of H-pyrrole nitrogens is 2. The van der Waals surface area contributed by atoms with Crippen LogP contribution >= 0.6 is 0 Å². The van der Waals surface area contributed by atoms with Crippen molar-refractivity contribution in [2.45, 2.75) is 24.8 Å². The van der Waals surface area contributed by atoms with Crippen molar-refractivity contribution in [1.82, 2.24) is 20.1 Å². The molecular formula is C27H25FN4O5S. The third-order valence-corrected chi connectivity index (χ3v) is 7.63. The number of aromatic nitrogens is 3. The molecule has 196 valence electrons. The highest BCUT2D eigenvalue weighted by molar-refractivity contribution is 7.90. The topological polar surface area (TPSA) is 125 Å². The van der Waals surface area contributed by atoms with Gasteiger partial charge in [0.05, 0.1) is 6.54 Å². The van der Waals surface area contributed by atoms with Crippen LogP contribution in [-0.2, 0) is 22.8 Å². The quantitative estimate of drug-likeness (QED) is 0.402. The molecule has 0 saturated carbocycles. The van der Waals surface area contributed by atoms with Crippen LogP contribution in [0.3, 0.4) is 0 Å². The Morgan fingerprint density at radius 2 is 1.79 bits per heavy atom. The molecule has 5 rings (SSSR count). The number of carbonyl (C=O) groups excluding carboxylic acids is 1. The average Bonchev–Trinajstić information content (AvgIpc) is 3.21. The van der Waals surface area contributed by atoms with Crippen LogP contribution in [0.5, 0.6) is 5.75 Å². The molecule has 0 unspecified atom stereocenters. The molecule has 4 aromatic rings. The highest BCUT2D eigenvalue weighted by atomic mass is 32.2. The second-order valence-corrected chi connectivity index (χ2v) is 11.0. The first-order valence-corrected chi connectivity index (χ1v) is 13.9. The predicted octanol–water partition coefficient (Wildman–Crippen LogP) is 3.57. The zero-order valence-corrected chi connectivity index (χ0v) is 21.6. The molecule has 2 heterocycles. The number of hydrogen-bond donors (Lipinski definition) is 2. The molecule has 1 aliphatic rings. The zero-order chi connectivity index (χ0) is 27.0. The van der Waals surface area contributed by atoms with Gasteiger partial charge in [-0.3, -0.25) is 9.78 Å². The first kappa shape index (κ1) is 25.4. The minimum Gasteiger partial charge on any atom is -0.491 e. The van der Waals surface area contributed by atoms with Crippen molar-refractivity contribution in [3.05, 3.63) is 87.6 Å². The summed E-state index contributed by atoms with van der Waals surface area (Å²) in [6, 6.07) is 15.8. The summed E-state index contributed by atoms with van der Waals surface area (Å²) >= 11 is 0. The molecule has 0 fully saturated rings. The molecular weight excluding hydrogens is 511 g/mol. The van der Waals surface area contributed by atoms with Crippen molar-refractivity contribution in [2.75, 3.05) is 19.4 Å². The number of hydrogen-bond acceptors (Lipinski definition) is 6. The van der Waals surface area contributed by atoms with Crippen LogP contribution in [0.25, 0.3) is 22.5 Å². The summed E-state index contributed by atoms with van der Waals surface area (Å²) in [7, 11) is -3.77. The molecule has 38 heavy (non-hydrogen) atoms. The van der Waals surface area contributed by atoms with Crippen molar-refractivity contribution < 1.29 is 22.3 Å². The summed E-state index contributed by atoms with van der Waals surface area (Å²) in [5, 5.41) is 6.28. The highest BCUT2D eigenvalue weighted by Crippen LogP contribution is 2.31. The smallest absolute Gasteiger partial charge is 0.340 e. The van der Waals surface area contributed by atoms with Gasteiger partial charge >= 0.3 is 5.69 Å². The monoisotopic (exact) mass is 536 g/mol. The van der Waals surface area contributed by atoms with Gasteiger partial charge in [-0.2, -0.15) is 5.10 Å². The predicted molar refractivity (Wildman–Crippen MR) is 139 cm³/mol. The SMILES string of the molecule is CCc1c(C(=O)N2CCOc3ccc(-c4ccc(-c5n[nH]c(=O)[nH]5)cc4)cc3C2)ccc(S(C)(=O)=O)c1F. The second-order valence-electron chi connectivity index (χ2n) is 9.03. The van der Waals surface area contributed by atoms with Crippen molar-refractivity contribution >= 4 is 15.7 Å². The number of fused-ring (bicyclic) bond motifs is 1. The lowest BCUT2D eigenvalue weighted by atomic mass is 10.00. The summed E-state index contributed by atoms with van der Waals surface area (Å²) < 4.78 is 44.9. The lowest BCUT2D eigenvalue weighted by Gasteiger charge is -2.22. The number of carbonyl (C=O) groups is 1. The number of rotatable bonds is 5. The van der Waals surface area contributed by atoms with E-state index in [4.69, 9.17) is 4.74 Å². The largest absolute Gasteiger partial charge is 0.491 e. The van der Waals surface area contributed by atoms with Gasteiger partial charge in [0.25, 0.3) is 5.91 Å². The van der Waals surface area contributed by atoms with Crippen LogP contribution in [0.4, 0.5) is 4.39 Å². The van der Waals surface area contributed by atoms with Gasteiger partial charge in [-0.25, -0.2) is 22.7 Å². The Morgan fingerprint density at radius 3 is 2.45 bits per heavy atom. The molecule has 1 aliphatic heterocycles. The van der Waals surface area contributed by atoms with E-state index < -0.39 is 20.5 Å². The number of halogens is 1. The van der Waals surface area contributed by atoms with Crippen molar-refractivity contribution in [3.63, 3.8) is 0 Å². The Balaban J connectivity index is 1.43.